The van der Waals surface area contributed by atoms with Crippen LogP contribution >= 0.6 is 11.3 Å². The fourth-order valence-corrected chi connectivity index (χ4v) is 5.07. The van der Waals surface area contributed by atoms with Gasteiger partial charge in [-0.2, -0.15) is 0 Å². The van der Waals surface area contributed by atoms with Crippen LogP contribution in [-0.2, 0) is 11.3 Å². The third kappa shape index (κ3) is 3.15. The molecule has 0 aromatic carbocycles. The van der Waals surface area contributed by atoms with Crippen molar-refractivity contribution >= 4 is 16.5 Å². The number of anilines is 1. The molecule has 1 aromatic heterocycles. The average molecular weight is 322 g/mol. The Labute approximate surface area is 136 Å². The molecule has 1 aromatic rings. The van der Waals surface area contributed by atoms with Gasteiger partial charge in [0.15, 0.2) is 5.13 Å². The maximum atomic E-state index is 5.43. The number of ether oxygens (including phenoxy) is 1. The lowest BCUT2D eigenvalue weighted by Crippen LogP contribution is -2.42. The van der Waals surface area contributed by atoms with Gasteiger partial charge in [0.2, 0.25) is 0 Å². The van der Waals surface area contributed by atoms with E-state index in [0.717, 1.165) is 44.8 Å². The molecule has 0 aliphatic carbocycles. The van der Waals surface area contributed by atoms with Crippen LogP contribution in [0.3, 0.4) is 0 Å². The highest BCUT2D eigenvalue weighted by Gasteiger charge is 2.33. The second kappa shape index (κ2) is 6.43. The molecule has 4 fully saturated rings. The summed E-state index contributed by atoms with van der Waals surface area (Å²) in [4.78, 5) is 13.7. The first kappa shape index (κ1) is 14.9. The second-order valence-electron chi connectivity index (χ2n) is 6.96. The van der Waals surface area contributed by atoms with Gasteiger partial charge in [0.05, 0.1) is 13.2 Å². The van der Waals surface area contributed by atoms with Gasteiger partial charge in [-0.3, -0.25) is 4.90 Å². The molecule has 0 N–H and O–H groups in total. The monoisotopic (exact) mass is 322 g/mol. The first-order valence-corrected chi connectivity index (χ1v) is 9.29. The first-order valence-electron chi connectivity index (χ1n) is 8.48. The van der Waals surface area contributed by atoms with Crippen LogP contribution in [0.25, 0.3) is 0 Å². The minimum Gasteiger partial charge on any atom is -0.378 e. The quantitative estimate of drug-likeness (QED) is 0.842. The van der Waals surface area contributed by atoms with Gasteiger partial charge in [0.25, 0.3) is 0 Å². The lowest BCUT2D eigenvalue weighted by atomic mass is 9.95. The minimum atomic E-state index is 0.734. The summed E-state index contributed by atoms with van der Waals surface area (Å²) in [6.45, 7) is 8.46. The number of fused-ring (bicyclic) bond motifs is 4. The van der Waals surface area contributed by atoms with Crippen molar-refractivity contribution in [1.29, 1.82) is 0 Å². The van der Waals surface area contributed by atoms with Gasteiger partial charge in [-0.25, -0.2) is 4.98 Å². The molecular weight excluding hydrogens is 296 g/mol. The van der Waals surface area contributed by atoms with Crippen LogP contribution in [0.1, 0.15) is 17.7 Å². The topological polar surface area (TPSA) is 31.8 Å². The molecule has 4 aliphatic heterocycles. The number of nitrogens with zero attached hydrogens (tertiary/aromatic N) is 4. The highest BCUT2D eigenvalue weighted by Crippen LogP contribution is 2.31. The van der Waals surface area contributed by atoms with E-state index in [1.807, 2.05) is 11.3 Å². The summed E-state index contributed by atoms with van der Waals surface area (Å²) in [5, 5.41) is 1.18. The molecule has 0 amide bonds. The summed E-state index contributed by atoms with van der Waals surface area (Å²) < 4.78 is 5.43. The predicted molar refractivity (Wildman–Crippen MR) is 89.6 cm³/mol. The van der Waals surface area contributed by atoms with Gasteiger partial charge >= 0.3 is 0 Å². The van der Waals surface area contributed by atoms with E-state index < -0.39 is 0 Å². The Morgan fingerprint density at radius 2 is 2.09 bits per heavy atom. The molecule has 4 saturated heterocycles. The van der Waals surface area contributed by atoms with E-state index in [1.165, 1.54) is 42.5 Å². The molecule has 0 spiro atoms. The van der Waals surface area contributed by atoms with E-state index >= 15 is 0 Å². The fourth-order valence-electron chi connectivity index (χ4n) is 4.08. The molecule has 122 valence electrons. The number of hydrogen-bond donors (Lipinski definition) is 0. The molecule has 0 radical (unpaired) electrons. The molecule has 4 aliphatic rings. The van der Waals surface area contributed by atoms with Crippen LogP contribution in [0, 0.1) is 5.92 Å². The molecule has 5 heterocycles. The number of rotatable bonds is 3. The Bertz CT molecular complexity index is 502. The second-order valence-corrected chi connectivity index (χ2v) is 8.05. The van der Waals surface area contributed by atoms with Gasteiger partial charge in [-0.05, 0) is 25.8 Å². The number of hydrogen-bond acceptors (Lipinski definition) is 6. The lowest BCUT2D eigenvalue weighted by Gasteiger charge is -2.35. The van der Waals surface area contributed by atoms with Gasteiger partial charge in [0.1, 0.15) is 0 Å². The van der Waals surface area contributed by atoms with Crippen molar-refractivity contribution in [1.82, 2.24) is 14.8 Å². The van der Waals surface area contributed by atoms with E-state index in [-0.39, 0.29) is 0 Å². The van der Waals surface area contributed by atoms with Crippen molar-refractivity contribution in [3.63, 3.8) is 0 Å². The molecular formula is C16H26N4OS. The molecule has 5 nitrogen and oxygen atoms in total. The molecule has 6 heteroatoms. The van der Waals surface area contributed by atoms with Crippen LogP contribution in [0.2, 0.25) is 0 Å². The zero-order valence-electron chi connectivity index (χ0n) is 13.4. The van der Waals surface area contributed by atoms with Gasteiger partial charge < -0.3 is 14.5 Å². The summed E-state index contributed by atoms with van der Waals surface area (Å²) in [7, 11) is 2.28. The smallest absolute Gasteiger partial charge is 0.185 e. The number of morpholine rings is 1. The van der Waals surface area contributed by atoms with E-state index in [0.29, 0.717) is 0 Å². The van der Waals surface area contributed by atoms with Gasteiger partial charge in [-0.1, -0.05) is 0 Å². The first-order chi connectivity index (χ1) is 10.8. The zero-order valence-corrected chi connectivity index (χ0v) is 14.2. The predicted octanol–water partition coefficient (Wildman–Crippen LogP) is 1.51. The Hall–Kier alpha value is -0.690. The zero-order chi connectivity index (χ0) is 14.9. The Morgan fingerprint density at radius 3 is 2.95 bits per heavy atom. The molecule has 22 heavy (non-hydrogen) atoms. The highest BCUT2D eigenvalue weighted by atomic mass is 32.1. The third-order valence-electron chi connectivity index (χ3n) is 5.19. The maximum Gasteiger partial charge on any atom is 0.185 e. The summed E-state index contributed by atoms with van der Waals surface area (Å²) >= 11 is 1.87. The molecule has 5 rings (SSSR count). The Balaban J connectivity index is 1.42. The van der Waals surface area contributed by atoms with Crippen molar-refractivity contribution in [2.75, 3.05) is 57.9 Å². The van der Waals surface area contributed by atoms with Crippen molar-refractivity contribution < 1.29 is 4.74 Å². The SMILES string of the molecule is CN1C[C@H]2CC[C@@H](C1)N(Cc1cnc(N3CCOCC3)s1)C2. The fraction of sp³-hybridized carbons (Fsp3) is 0.812. The van der Waals surface area contributed by atoms with Gasteiger partial charge in [0, 0.05) is 56.4 Å². The lowest BCUT2D eigenvalue weighted by molar-refractivity contribution is 0.122. The summed E-state index contributed by atoms with van der Waals surface area (Å²) in [5.74, 6) is 0.857. The average Bonchev–Trinajstić information content (AvgIpc) is 2.85. The standard InChI is InChI=1S/C16H26N4OS/c1-18-9-13-2-3-14(11-18)20(10-13)12-15-8-17-16(22-15)19-4-6-21-7-5-19/h8,13-14H,2-7,9-12H2,1H3/t13-,14+/m1/s1. The molecule has 2 atom stereocenters. The largest absolute Gasteiger partial charge is 0.378 e. The van der Waals surface area contributed by atoms with Crippen molar-refractivity contribution in [2.45, 2.75) is 25.4 Å². The summed E-state index contributed by atoms with van der Waals surface area (Å²) in [5.41, 5.74) is 0. The van der Waals surface area contributed by atoms with Crippen LogP contribution in [0.5, 0.6) is 0 Å². The molecule has 2 bridgehead atoms. The molecule has 0 unspecified atom stereocenters. The Morgan fingerprint density at radius 1 is 1.23 bits per heavy atom. The number of piperidine rings is 1. The van der Waals surface area contributed by atoms with Crippen LogP contribution in [-0.4, -0.2) is 73.8 Å². The minimum absolute atomic E-state index is 0.734. The van der Waals surface area contributed by atoms with E-state index in [2.05, 4.69) is 32.9 Å². The third-order valence-corrected chi connectivity index (χ3v) is 6.23. The van der Waals surface area contributed by atoms with Crippen molar-refractivity contribution in [3.05, 3.63) is 11.1 Å². The van der Waals surface area contributed by atoms with Crippen molar-refractivity contribution in [2.24, 2.45) is 5.92 Å². The molecule has 0 saturated carbocycles. The number of thiazole rings is 1. The number of likely N-dealkylation sites (N-methyl/N-ethyl adjacent to an activating group) is 1. The van der Waals surface area contributed by atoms with Crippen LogP contribution in [0.4, 0.5) is 5.13 Å². The highest BCUT2D eigenvalue weighted by molar-refractivity contribution is 7.15. The van der Waals surface area contributed by atoms with Crippen molar-refractivity contribution in [3.8, 4) is 0 Å². The maximum absolute atomic E-state index is 5.43. The van der Waals surface area contributed by atoms with Crippen LogP contribution in [0.15, 0.2) is 6.20 Å². The number of aromatic nitrogens is 1. The summed E-state index contributed by atoms with van der Waals surface area (Å²) in [6, 6.07) is 0.734. The summed E-state index contributed by atoms with van der Waals surface area (Å²) in [6.07, 6.45) is 4.87. The Kier molecular flexibility index (Phi) is 4.35. The normalized spacial score (nSPS) is 30.7. The van der Waals surface area contributed by atoms with E-state index in [1.54, 1.807) is 0 Å². The van der Waals surface area contributed by atoms with Gasteiger partial charge in [-0.15, -0.1) is 11.3 Å². The van der Waals surface area contributed by atoms with E-state index in [9.17, 15) is 0 Å². The van der Waals surface area contributed by atoms with Crippen LogP contribution < -0.4 is 4.90 Å². The van der Waals surface area contributed by atoms with E-state index in [4.69, 9.17) is 4.74 Å².